The molecule has 0 bridgehead atoms. The average molecular weight is 331 g/mol. The van der Waals surface area contributed by atoms with E-state index in [1.807, 2.05) is 31.0 Å². The van der Waals surface area contributed by atoms with Gasteiger partial charge in [-0.2, -0.15) is 0 Å². The Hall–Kier alpha value is -1.88. The molecule has 0 spiro atoms. The fraction of sp³-hybridized carbons (Fsp3) is 0.579. The Morgan fingerprint density at radius 3 is 2.38 bits per heavy atom. The second kappa shape index (κ2) is 7.34. The fourth-order valence-electron chi connectivity index (χ4n) is 3.02. The number of benzene rings is 1. The molecule has 0 aliphatic carbocycles. The number of likely N-dealkylation sites (tertiary alicyclic amines) is 1. The molecule has 24 heavy (non-hydrogen) atoms. The first-order valence-corrected chi connectivity index (χ1v) is 8.61. The van der Waals surface area contributed by atoms with Crippen molar-refractivity contribution in [3.05, 3.63) is 29.8 Å². The lowest BCUT2D eigenvalue weighted by Crippen LogP contribution is -2.37. The summed E-state index contributed by atoms with van der Waals surface area (Å²) >= 11 is 0. The van der Waals surface area contributed by atoms with Crippen molar-refractivity contribution in [1.29, 1.82) is 0 Å². The van der Waals surface area contributed by atoms with Crippen LogP contribution in [-0.2, 0) is 15.0 Å². The molecule has 0 saturated carbocycles. The molecule has 1 heterocycles. The van der Waals surface area contributed by atoms with E-state index in [1.54, 1.807) is 0 Å². The highest BCUT2D eigenvalue weighted by Gasteiger charge is 2.35. The van der Waals surface area contributed by atoms with Crippen LogP contribution in [0, 0.1) is 0 Å². The highest BCUT2D eigenvalue weighted by molar-refractivity contribution is 5.95. The molecule has 5 nitrogen and oxygen atoms in total. The number of anilines is 1. The molecule has 1 aromatic rings. The van der Waals surface area contributed by atoms with Gasteiger partial charge < -0.3 is 10.6 Å². The van der Waals surface area contributed by atoms with Crippen LogP contribution in [-0.4, -0.2) is 42.4 Å². The number of carbonyl (C=O) groups is 2. The van der Waals surface area contributed by atoms with E-state index in [0.29, 0.717) is 19.4 Å². The van der Waals surface area contributed by atoms with Crippen LogP contribution in [0.3, 0.4) is 0 Å². The summed E-state index contributed by atoms with van der Waals surface area (Å²) in [6.07, 6.45) is 1.12. The summed E-state index contributed by atoms with van der Waals surface area (Å²) in [4.78, 5) is 26.1. The molecule has 132 valence electrons. The van der Waals surface area contributed by atoms with Gasteiger partial charge >= 0.3 is 0 Å². The molecule has 2 rings (SSSR count). The third-order valence-electron chi connectivity index (χ3n) is 4.56. The molecule has 1 aromatic carbocycles. The molecule has 1 saturated heterocycles. The molecular formula is C19H29N3O2. The molecule has 1 aliphatic rings. The van der Waals surface area contributed by atoms with Crippen molar-refractivity contribution in [3.63, 3.8) is 0 Å². The minimum Gasteiger partial charge on any atom is -0.352 e. The molecule has 2 N–H and O–H groups in total. The van der Waals surface area contributed by atoms with Gasteiger partial charge in [0.05, 0.1) is 6.04 Å². The van der Waals surface area contributed by atoms with Crippen LogP contribution in [0.5, 0.6) is 0 Å². The Morgan fingerprint density at radius 1 is 1.21 bits per heavy atom. The number of likely N-dealkylation sites (N-methyl/N-ethyl adjacent to an activating group) is 1. The monoisotopic (exact) mass is 331 g/mol. The Balaban J connectivity index is 1.96. The van der Waals surface area contributed by atoms with E-state index in [9.17, 15) is 9.59 Å². The summed E-state index contributed by atoms with van der Waals surface area (Å²) in [5, 5.41) is 5.96. The maximum atomic E-state index is 12.5. The lowest BCUT2D eigenvalue weighted by atomic mass is 9.87. The zero-order valence-electron chi connectivity index (χ0n) is 15.3. The highest BCUT2D eigenvalue weighted by Crippen LogP contribution is 2.24. The topological polar surface area (TPSA) is 61.4 Å². The van der Waals surface area contributed by atoms with E-state index in [1.165, 1.54) is 5.56 Å². The van der Waals surface area contributed by atoms with Crippen molar-refractivity contribution in [3.8, 4) is 0 Å². The van der Waals surface area contributed by atoms with Crippen molar-refractivity contribution in [2.45, 2.75) is 58.0 Å². The van der Waals surface area contributed by atoms with Crippen LogP contribution in [0.15, 0.2) is 24.3 Å². The van der Waals surface area contributed by atoms with Crippen molar-refractivity contribution < 1.29 is 9.59 Å². The third-order valence-corrected chi connectivity index (χ3v) is 4.56. The van der Waals surface area contributed by atoms with E-state index in [0.717, 1.165) is 5.69 Å². The summed E-state index contributed by atoms with van der Waals surface area (Å²) in [6, 6.07) is 7.83. The third kappa shape index (κ3) is 4.57. The van der Waals surface area contributed by atoms with Crippen LogP contribution in [0.2, 0.25) is 0 Å². The van der Waals surface area contributed by atoms with Gasteiger partial charge in [0.15, 0.2) is 0 Å². The quantitative estimate of drug-likeness (QED) is 0.891. The largest absolute Gasteiger partial charge is 0.352 e. The van der Waals surface area contributed by atoms with Crippen LogP contribution >= 0.6 is 0 Å². The van der Waals surface area contributed by atoms with E-state index >= 15 is 0 Å². The Kier molecular flexibility index (Phi) is 5.65. The normalized spacial score (nSPS) is 21.5. The van der Waals surface area contributed by atoms with E-state index in [4.69, 9.17) is 0 Å². The number of nitrogens with one attached hydrogen (secondary N) is 2. The molecule has 2 atom stereocenters. The van der Waals surface area contributed by atoms with Gasteiger partial charge in [0.1, 0.15) is 0 Å². The number of hydrogen-bond acceptors (Lipinski definition) is 3. The Bertz CT molecular complexity index is 590. The SMILES string of the molecule is CCC(=O)N[C@@H]1C[C@@H](C(=O)Nc2ccc(C(C)(C)C)cc2)N(C)C1. The van der Waals surface area contributed by atoms with Gasteiger partial charge in [-0.05, 0) is 36.6 Å². The minimum absolute atomic E-state index is 0.0192. The van der Waals surface area contributed by atoms with Crippen molar-refractivity contribution in [2.75, 3.05) is 18.9 Å². The zero-order valence-corrected chi connectivity index (χ0v) is 15.3. The molecule has 1 fully saturated rings. The van der Waals surface area contributed by atoms with Crippen molar-refractivity contribution in [1.82, 2.24) is 10.2 Å². The van der Waals surface area contributed by atoms with Gasteiger partial charge in [-0.25, -0.2) is 0 Å². The summed E-state index contributed by atoms with van der Waals surface area (Å²) < 4.78 is 0. The second-order valence-electron chi connectivity index (χ2n) is 7.63. The summed E-state index contributed by atoms with van der Waals surface area (Å²) in [5.41, 5.74) is 2.14. The molecule has 5 heteroatoms. The van der Waals surface area contributed by atoms with E-state index < -0.39 is 0 Å². The predicted molar refractivity (Wildman–Crippen MR) is 97.0 cm³/mol. The van der Waals surface area contributed by atoms with Gasteiger partial charge in [-0.15, -0.1) is 0 Å². The molecular weight excluding hydrogens is 302 g/mol. The predicted octanol–water partition coefficient (Wildman–Crippen LogP) is 2.52. The zero-order chi connectivity index (χ0) is 17.9. The number of rotatable bonds is 4. The van der Waals surface area contributed by atoms with E-state index in [-0.39, 0.29) is 29.3 Å². The second-order valence-corrected chi connectivity index (χ2v) is 7.63. The van der Waals surface area contributed by atoms with E-state index in [2.05, 4.69) is 43.5 Å². The van der Waals surface area contributed by atoms with Gasteiger partial charge in [0.25, 0.3) is 0 Å². The first-order valence-electron chi connectivity index (χ1n) is 8.61. The molecule has 1 aliphatic heterocycles. The molecule has 0 radical (unpaired) electrons. The van der Waals surface area contributed by atoms with Crippen LogP contribution < -0.4 is 10.6 Å². The van der Waals surface area contributed by atoms with Crippen molar-refractivity contribution >= 4 is 17.5 Å². The maximum absolute atomic E-state index is 12.5. The van der Waals surface area contributed by atoms with Crippen LogP contribution in [0.4, 0.5) is 5.69 Å². The molecule has 2 amide bonds. The number of hydrogen-bond donors (Lipinski definition) is 2. The number of nitrogens with zero attached hydrogens (tertiary/aromatic N) is 1. The average Bonchev–Trinajstić information content (AvgIpc) is 2.87. The Morgan fingerprint density at radius 2 is 1.83 bits per heavy atom. The first kappa shape index (κ1) is 18.5. The van der Waals surface area contributed by atoms with Crippen LogP contribution in [0.25, 0.3) is 0 Å². The first-order chi connectivity index (χ1) is 11.2. The highest BCUT2D eigenvalue weighted by atomic mass is 16.2. The Labute approximate surface area is 144 Å². The fourth-order valence-corrected chi connectivity index (χ4v) is 3.02. The lowest BCUT2D eigenvalue weighted by Gasteiger charge is -2.20. The molecule has 0 unspecified atom stereocenters. The summed E-state index contributed by atoms with van der Waals surface area (Å²) in [7, 11) is 1.92. The van der Waals surface area contributed by atoms with Gasteiger partial charge in [0.2, 0.25) is 11.8 Å². The number of carbonyl (C=O) groups excluding carboxylic acids is 2. The van der Waals surface area contributed by atoms with Crippen LogP contribution in [0.1, 0.15) is 46.1 Å². The summed E-state index contributed by atoms with van der Waals surface area (Å²) in [6.45, 7) is 9.03. The van der Waals surface area contributed by atoms with Gasteiger partial charge in [-0.3, -0.25) is 14.5 Å². The minimum atomic E-state index is -0.213. The van der Waals surface area contributed by atoms with Gasteiger partial charge in [-0.1, -0.05) is 39.8 Å². The maximum Gasteiger partial charge on any atom is 0.241 e. The number of amides is 2. The summed E-state index contributed by atoms with van der Waals surface area (Å²) in [5.74, 6) is 0.0153. The van der Waals surface area contributed by atoms with Gasteiger partial charge in [0, 0.05) is 24.7 Å². The van der Waals surface area contributed by atoms with Crippen molar-refractivity contribution in [2.24, 2.45) is 0 Å². The smallest absolute Gasteiger partial charge is 0.241 e. The lowest BCUT2D eigenvalue weighted by molar-refractivity contribution is -0.122. The standard InChI is InChI=1S/C19H29N3O2/c1-6-17(23)20-15-11-16(22(5)12-15)18(24)21-14-9-7-13(8-10-14)19(2,3)4/h7-10,15-16H,6,11-12H2,1-5H3,(H,20,23)(H,21,24)/t15-,16+/m1/s1. The molecule has 0 aromatic heterocycles.